The highest BCUT2D eigenvalue weighted by Crippen LogP contribution is 2.29. The van der Waals surface area contributed by atoms with Crippen LogP contribution in [-0.2, 0) is 6.54 Å². The lowest BCUT2D eigenvalue weighted by Crippen LogP contribution is -2.14. The summed E-state index contributed by atoms with van der Waals surface area (Å²) in [6.07, 6.45) is 2.54. The van der Waals surface area contributed by atoms with Crippen LogP contribution in [0.5, 0.6) is 0 Å². The lowest BCUT2D eigenvalue weighted by Gasteiger charge is -2.00. The molecule has 3 rings (SSSR count). The Morgan fingerprint density at radius 1 is 1.39 bits per heavy atom. The number of aryl methyl sites for hydroxylation is 1. The number of nitrogens with zero attached hydrogens (tertiary/aromatic N) is 1. The Bertz CT molecular complexity index is 561. The van der Waals surface area contributed by atoms with Crippen molar-refractivity contribution < 1.29 is 4.39 Å². The van der Waals surface area contributed by atoms with Crippen LogP contribution in [0.25, 0.3) is 11.3 Å². The van der Waals surface area contributed by atoms with Crippen molar-refractivity contribution in [2.45, 2.75) is 32.4 Å². The van der Waals surface area contributed by atoms with Crippen molar-refractivity contribution in [1.29, 1.82) is 0 Å². The first-order valence-corrected chi connectivity index (χ1v) is 7.00. The van der Waals surface area contributed by atoms with Gasteiger partial charge in [-0.15, -0.1) is 11.3 Å². The van der Waals surface area contributed by atoms with Crippen molar-refractivity contribution in [3.63, 3.8) is 0 Å². The van der Waals surface area contributed by atoms with Gasteiger partial charge in [-0.05, 0) is 31.9 Å². The van der Waals surface area contributed by atoms with Gasteiger partial charge in [-0.2, -0.15) is 0 Å². The molecule has 4 heteroatoms. The molecule has 1 aliphatic rings. The summed E-state index contributed by atoms with van der Waals surface area (Å²) in [6, 6.07) is 7.49. The fraction of sp³-hybridized carbons (Fsp3) is 0.357. The topological polar surface area (TPSA) is 24.9 Å². The Balaban J connectivity index is 1.85. The molecule has 1 aromatic heterocycles. The fourth-order valence-electron chi connectivity index (χ4n) is 1.95. The van der Waals surface area contributed by atoms with E-state index in [1.807, 2.05) is 13.0 Å². The third kappa shape index (κ3) is 2.44. The van der Waals surface area contributed by atoms with Crippen LogP contribution >= 0.6 is 11.3 Å². The molecule has 0 amide bonds. The SMILES string of the molecule is Cc1sc(CNC2CC2)nc1-c1ccccc1F. The Morgan fingerprint density at radius 2 is 2.17 bits per heavy atom. The van der Waals surface area contributed by atoms with E-state index in [1.54, 1.807) is 23.5 Å². The highest BCUT2D eigenvalue weighted by molar-refractivity contribution is 7.12. The number of thiazole rings is 1. The van der Waals surface area contributed by atoms with E-state index in [0.29, 0.717) is 11.6 Å². The molecule has 1 N–H and O–H groups in total. The van der Waals surface area contributed by atoms with E-state index in [9.17, 15) is 4.39 Å². The van der Waals surface area contributed by atoms with Gasteiger partial charge in [0, 0.05) is 23.0 Å². The average Bonchev–Trinajstić information content (AvgIpc) is 3.11. The van der Waals surface area contributed by atoms with Gasteiger partial charge in [0.15, 0.2) is 0 Å². The highest BCUT2D eigenvalue weighted by Gasteiger charge is 2.21. The van der Waals surface area contributed by atoms with Gasteiger partial charge < -0.3 is 5.32 Å². The maximum absolute atomic E-state index is 13.7. The van der Waals surface area contributed by atoms with E-state index in [0.717, 1.165) is 22.1 Å². The molecule has 94 valence electrons. The molecule has 1 aliphatic carbocycles. The summed E-state index contributed by atoms with van der Waals surface area (Å²) < 4.78 is 13.7. The molecule has 2 nitrogen and oxygen atoms in total. The number of hydrogen-bond acceptors (Lipinski definition) is 3. The van der Waals surface area contributed by atoms with Crippen molar-refractivity contribution in [3.8, 4) is 11.3 Å². The van der Waals surface area contributed by atoms with E-state index in [4.69, 9.17) is 0 Å². The molecular weight excluding hydrogens is 247 g/mol. The van der Waals surface area contributed by atoms with Crippen LogP contribution in [0, 0.1) is 12.7 Å². The summed E-state index contributed by atoms with van der Waals surface area (Å²) in [4.78, 5) is 5.63. The number of aromatic nitrogens is 1. The molecule has 1 saturated carbocycles. The van der Waals surface area contributed by atoms with E-state index >= 15 is 0 Å². The van der Waals surface area contributed by atoms with E-state index in [1.165, 1.54) is 18.9 Å². The third-order valence-electron chi connectivity index (χ3n) is 3.09. The molecule has 0 unspecified atom stereocenters. The van der Waals surface area contributed by atoms with Crippen molar-refractivity contribution in [3.05, 3.63) is 40.0 Å². The van der Waals surface area contributed by atoms with Gasteiger partial charge in [-0.3, -0.25) is 0 Å². The molecule has 0 spiro atoms. The van der Waals surface area contributed by atoms with Crippen LogP contribution in [-0.4, -0.2) is 11.0 Å². The summed E-state index contributed by atoms with van der Waals surface area (Å²) in [5.41, 5.74) is 1.38. The average molecular weight is 262 g/mol. The molecule has 1 aromatic carbocycles. The summed E-state index contributed by atoms with van der Waals surface area (Å²) in [5.74, 6) is -0.201. The predicted octanol–water partition coefficient (Wildman–Crippen LogP) is 3.51. The second-order valence-corrected chi connectivity index (χ2v) is 5.94. The summed E-state index contributed by atoms with van der Waals surface area (Å²) >= 11 is 1.65. The van der Waals surface area contributed by atoms with Crippen LogP contribution in [0.1, 0.15) is 22.7 Å². The van der Waals surface area contributed by atoms with Crippen molar-refractivity contribution in [2.75, 3.05) is 0 Å². The van der Waals surface area contributed by atoms with Crippen LogP contribution in [0.3, 0.4) is 0 Å². The van der Waals surface area contributed by atoms with Crippen LogP contribution < -0.4 is 5.32 Å². The molecule has 18 heavy (non-hydrogen) atoms. The Morgan fingerprint density at radius 3 is 2.89 bits per heavy atom. The van der Waals surface area contributed by atoms with Gasteiger partial charge in [-0.25, -0.2) is 9.37 Å². The number of halogens is 1. The van der Waals surface area contributed by atoms with Gasteiger partial charge in [0.1, 0.15) is 10.8 Å². The molecule has 2 aromatic rings. The first-order chi connectivity index (χ1) is 8.74. The summed E-state index contributed by atoms with van der Waals surface area (Å²) in [6.45, 7) is 2.80. The Labute approximate surface area is 110 Å². The first kappa shape index (κ1) is 11.8. The number of nitrogens with one attached hydrogen (secondary N) is 1. The third-order valence-corrected chi connectivity index (χ3v) is 4.06. The molecule has 0 bridgehead atoms. The van der Waals surface area contributed by atoms with Gasteiger partial charge in [0.2, 0.25) is 0 Å². The number of hydrogen-bond donors (Lipinski definition) is 1. The zero-order valence-electron chi connectivity index (χ0n) is 10.2. The maximum atomic E-state index is 13.7. The molecule has 0 atom stereocenters. The smallest absolute Gasteiger partial charge is 0.132 e. The van der Waals surface area contributed by atoms with E-state index in [2.05, 4.69) is 10.3 Å². The van der Waals surface area contributed by atoms with Crippen LogP contribution in [0.2, 0.25) is 0 Å². The Kier molecular flexibility index (Phi) is 3.14. The highest BCUT2D eigenvalue weighted by atomic mass is 32.1. The van der Waals surface area contributed by atoms with Gasteiger partial charge in [-0.1, -0.05) is 12.1 Å². The molecule has 0 radical (unpaired) electrons. The monoisotopic (exact) mass is 262 g/mol. The molecule has 0 saturated heterocycles. The minimum Gasteiger partial charge on any atom is -0.308 e. The quantitative estimate of drug-likeness (QED) is 0.912. The standard InChI is InChI=1S/C14H15FN2S/c1-9-14(11-4-2-3-5-12(11)15)17-13(18-9)8-16-10-6-7-10/h2-5,10,16H,6-8H2,1H3. The van der Waals surface area contributed by atoms with Crippen LogP contribution in [0.15, 0.2) is 24.3 Å². The van der Waals surface area contributed by atoms with Gasteiger partial charge in [0.25, 0.3) is 0 Å². The maximum Gasteiger partial charge on any atom is 0.132 e. The van der Waals surface area contributed by atoms with Crippen LogP contribution in [0.4, 0.5) is 4.39 Å². The molecule has 0 aliphatic heterocycles. The second-order valence-electron chi connectivity index (χ2n) is 4.65. The van der Waals surface area contributed by atoms with Gasteiger partial charge in [0.05, 0.1) is 5.69 Å². The van der Waals surface area contributed by atoms with Crippen molar-refractivity contribution in [2.24, 2.45) is 0 Å². The van der Waals surface area contributed by atoms with E-state index in [-0.39, 0.29) is 5.82 Å². The van der Waals surface area contributed by atoms with Crippen molar-refractivity contribution >= 4 is 11.3 Å². The first-order valence-electron chi connectivity index (χ1n) is 6.18. The van der Waals surface area contributed by atoms with Gasteiger partial charge >= 0.3 is 0 Å². The van der Waals surface area contributed by atoms with Crippen molar-refractivity contribution in [1.82, 2.24) is 10.3 Å². The Hall–Kier alpha value is -1.26. The normalized spacial score (nSPS) is 15.0. The molecular formula is C14H15FN2S. The zero-order chi connectivity index (χ0) is 12.5. The minimum absolute atomic E-state index is 0.201. The zero-order valence-corrected chi connectivity index (χ0v) is 11.1. The molecule has 1 heterocycles. The number of benzene rings is 1. The summed E-state index contributed by atoms with van der Waals surface area (Å²) in [7, 11) is 0. The molecule has 1 fully saturated rings. The fourth-order valence-corrected chi connectivity index (χ4v) is 2.85. The van der Waals surface area contributed by atoms with E-state index < -0.39 is 0 Å². The minimum atomic E-state index is -0.201. The summed E-state index contributed by atoms with van der Waals surface area (Å²) in [5, 5.41) is 4.47. The predicted molar refractivity (Wildman–Crippen MR) is 72.1 cm³/mol. The lowest BCUT2D eigenvalue weighted by molar-refractivity contribution is 0.630. The lowest BCUT2D eigenvalue weighted by atomic mass is 10.1. The largest absolute Gasteiger partial charge is 0.308 e. The number of rotatable bonds is 4. The second kappa shape index (κ2) is 4.78.